The zero-order valence-electron chi connectivity index (χ0n) is 14.8. The van der Waals surface area contributed by atoms with Gasteiger partial charge in [-0.3, -0.25) is 4.79 Å². The van der Waals surface area contributed by atoms with Gasteiger partial charge in [0.05, 0.1) is 12.7 Å². The van der Waals surface area contributed by atoms with Gasteiger partial charge < -0.3 is 4.74 Å². The largest absolute Gasteiger partial charge is 0.369 e. The first-order valence-corrected chi connectivity index (χ1v) is 8.85. The van der Waals surface area contributed by atoms with Crippen LogP contribution in [0, 0.1) is 11.3 Å². The van der Waals surface area contributed by atoms with Gasteiger partial charge in [-0.05, 0) is 30.4 Å². The maximum Gasteiger partial charge on any atom is 0.160 e. The molecule has 0 N–H and O–H groups in total. The normalized spacial score (nSPS) is 18.2. The Morgan fingerprint density at radius 3 is 2.43 bits per heavy atom. The fraction of sp³-hybridized carbons (Fsp3) is 0.571. The second-order valence-corrected chi connectivity index (χ2v) is 7.63. The third-order valence-corrected chi connectivity index (χ3v) is 4.58. The molecule has 1 aliphatic rings. The Hall–Kier alpha value is -1.41. The summed E-state index contributed by atoms with van der Waals surface area (Å²) in [6.07, 6.45) is 10.1. The molecule has 126 valence electrons. The summed E-state index contributed by atoms with van der Waals surface area (Å²) in [5.41, 5.74) is 0.858. The molecule has 2 heteroatoms. The lowest BCUT2D eigenvalue weighted by Crippen LogP contribution is -2.25. The van der Waals surface area contributed by atoms with E-state index in [9.17, 15) is 4.79 Å². The molecule has 1 aliphatic carbocycles. The van der Waals surface area contributed by atoms with Gasteiger partial charge in [0, 0.05) is 5.41 Å². The van der Waals surface area contributed by atoms with E-state index in [4.69, 9.17) is 4.74 Å². The second kappa shape index (κ2) is 8.44. The fourth-order valence-corrected chi connectivity index (χ4v) is 3.01. The Morgan fingerprint density at radius 1 is 1.17 bits per heavy atom. The molecule has 1 atom stereocenters. The summed E-state index contributed by atoms with van der Waals surface area (Å²) < 4.78 is 6.19. The van der Waals surface area contributed by atoms with E-state index >= 15 is 0 Å². The highest BCUT2D eigenvalue weighted by Crippen LogP contribution is 2.29. The number of rotatable bonds is 6. The van der Waals surface area contributed by atoms with Gasteiger partial charge in [0.2, 0.25) is 0 Å². The molecule has 0 saturated heterocycles. The number of benzene rings is 1. The van der Waals surface area contributed by atoms with Crippen LogP contribution in [0.25, 0.3) is 0 Å². The van der Waals surface area contributed by atoms with E-state index in [-0.39, 0.29) is 17.3 Å². The Labute approximate surface area is 140 Å². The van der Waals surface area contributed by atoms with E-state index in [0.29, 0.717) is 12.5 Å². The van der Waals surface area contributed by atoms with Gasteiger partial charge in [-0.25, -0.2) is 0 Å². The van der Waals surface area contributed by atoms with E-state index in [1.165, 1.54) is 37.7 Å². The molecule has 23 heavy (non-hydrogen) atoms. The average molecular weight is 314 g/mol. The highest BCUT2D eigenvalue weighted by molar-refractivity contribution is 5.93. The van der Waals surface area contributed by atoms with Gasteiger partial charge in [0.25, 0.3) is 0 Å². The quantitative estimate of drug-likeness (QED) is 0.664. The van der Waals surface area contributed by atoms with Crippen LogP contribution < -0.4 is 0 Å². The maximum atomic E-state index is 12.2. The molecule has 0 heterocycles. The van der Waals surface area contributed by atoms with Crippen molar-refractivity contribution in [3.63, 3.8) is 0 Å². The van der Waals surface area contributed by atoms with Crippen LogP contribution >= 0.6 is 0 Å². The molecule has 1 aromatic carbocycles. The highest BCUT2D eigenvalue weighted by atomic mass is 16.5. The molecule has 1 saturated carbocycles. The molecule has 0 aromatic heterocycles. The summed E-state index contributed by atoms with van der Waals surface area (Å²) in [5.74, 6) is 0.707. The summed E-state index contributed by atoms with van der Waals surface area (Å²) in [5, 5.41) is 0. The predicted molar refractivity (Wildman–Crippen MR) is 95.2 cm³/mol. The van der Waals surface area contributed by atoms with E-state index in [1.54, 1.807) is 6.08 Å². The van der Waals surface area contributed by atoms with Crippen molar-refractivity contribution in [1.82, 2.24) is 0 Å². The zero-order valence-corrected chi connectivity index (χ0v) is 14.8. The molecule has 0 spiro atoms. The molecular formula is C21H30O2. The van der Waals surface area contributed by atoms with Gasteiger partial charge in [0.15, 0.2) is 5.78 Å². The van der Waals surface area contributed by atoms with Crippen molar-refractivity contribution in [3.8, 4) is 0 Å². The summed E-state index contributed by atoms with van der Waals surface area (Å²) in [6, 6.07) is 10.3. The summed E-state index contributed by atoms with van der Waals surface area (Å²) in [7, 11) is 0. The molecule has 1 fully saturated rings. The van der Waals surface area contributed by atoms with Crippen molar-refractivity contribution in [2.75, 3.05) is 0 Å². The number of hydrogen-bond donors (Lipinski definition) is 0. The van der Waals surface area contributed by atoms with Crippen molar-refractivity contribution in [2.45, 2.75) is 65.6 Å². The van der Waals surface area contributed by atoms with E-state index in [1.807, 2.05) is 45.0 Å². The van der Waals surface area contributed by atoms with Crippen molar-refractivity contribution in [1.29, 1.82) is 0 Å². The predicted octanol–water partition coefficient (Wildman–Crippen LogP) is 5.32. The minimum atomic E-state index is -0.326. The highest BCUT2D eigenvalue weighted by Gasteiger charge is 2.24. The number of hydrogen-bond acceptors (Lipinski definition) is 2. The average Bonchev–Trinajstić information content (AvgIpc) is 2.55. The molecule has 0 radical (unpaired) electrons. The number of ether oxygens (including phenoxy) is 1. The molecule has 1 unspecified atom stereocenters. The first-order chi connectivity index (χ1) is 11.0. The third-order valence-electron chi connectivity index (χ3n) is 4.58. The lowest BCUT2D eigenvalue weighted by Gasteiger charge is -2.28. The Kier molecular flexibility index (Phi) is 6.59. The monoisotopic (exact) mass is 314 g/mol. The van der Waals surface area contributed by atoms with E-state index < -0.39 is 0 Å². The van der Waals surface area contributed by atoms with Gasteiger partial charge in [-0.15, -0.1) is 0 Å². The summed E-state index contributed by atoms with van der Waals surface area (Å²) >= 11 is 0. The lowest BCUT2D eigenvalue weighted by atomic mass is 9.84. The first-order valence-electron chi connectivity index (χ1n) is 8.85. The zero-order chi connectivity index (χ0) is 16.7. The fourth-order valence-electron chi connectivity index (χ4n) is 3.01. The van der Waals surface area contributed by atoms with Crippen LogP contribution in [0.4, 0.5) is 0 Å². The number of ketones is 1. The number of carbonyl (C=O) groups excluding carboxylic acids is 1. The van der Waals surface area contributed by atoms with Gasteiger partial charge in [-0.2, -0.15) is 0 Å². The standard InChI is InChI=1S/C21H30O2/c1-21(2,3)20(22)15-14-19(18-12-8-5-9-13-18)23-16-17-10-6-4-7-11-17/h4,6-7,10-11,14-15,18-19H,5,8-9,12-13,16H2,1-3H3/b15-14+. The maximum absolute atomic E-state index is 12.2. The van der Waals surface area contributed by atoms with Gasteiger partial charge in [0.1, 0.15) is 0 Å². The van der Waals surface area contributed by atoms with Crippen molar-refractivity contribution in [3.05, 3.63) is 48.0 Å². The Bertz CT molecular complexity index is 504. The van der Waals surface area contributed by atoms with Crippen LogP contribution in [-0.2, 0) is 16.1 Å². The van der Waals surface area contributed by atoms with Crippen LogP contribution in [-0.4, -0.2) is 11.9 Å². The topological polar surface area (TPSA) is 26.3 Å². The van der Waals surface area contributed by atoms with Gasteiger partial charge in [-0.1, -0.05) is 76.4 Å². The van der Waals surface area contributed by atoms with Crippen molar-refractivity contribution in [2.24, 2.45) is 11.3 Å². The molecule has 2 rings (SSSR count). The van der Waals surface area contributed by atoms with Crippen LogP contribution in [0.15, 0.2) is 42.5 Å². The molecule has 0 amide bonds. The van der Waals surface area contributed by atoms with Crippen LogP contribution in [0.1, 0.15) is 58.4 Å². The Morgan fingerprint density at radius 2 is 1.83 bits per heavy atom. The molecule has 1 aromatic rings. The van der Waals surface area contributed by atoms with E-state index in [2.05, 4.69) is 12.1 Å². The van der Waals surface area contributed by atoms with E-state index in [0.717, 1.165) is 0 Å². The number of allylic oxidation sites excluding steroid dienone is 1. The molecular weight excluding hydrogens is 284 g/mol. The lowest BCUT2D eigenvalue weighted by molar-refractivity contribution is -0.121. The van der Waals surface area contributed by atoms with Crippen LogP contribution in [0.5, 0.6) is 0 Å². The SMILES string of the molecule is CC(C)(C)C(=O)/C=C/C(OCc1ccccc1)C1CCCCC1. The summed E-state index contributed by atoms with van der Waals surface area (Å²) in [4.78, 5) is 12.2. The van der Waals surface area contributed by atoms with Crippen molar-refractivity contribution >= 4 is 5.78 Å². The third kappa shape index (κ3) is 5.95. The minimum absolute atomic E-state index is 0.0433. The molecule has 2 nitrogen and oxygen atoms in total. The minimum Gasteiger partial charge on any atom is -0.369 e. The van der Waals surface area contributed by atoms with Crippen molar-refractivity contribution < 1.29 is 9.53 Å². The smallest absolute Gasteiger partial charge is 0.160 e. The van der Waals surface area contributed by atoms with Crippen LogP contribution in [0.2, 0.25) is 0 Å². The molecule has 0 aliphatic heterocycles. The summed E-state index contributed by atoms with van der Waals surface area (Å²) in [6.45, 7) is 6.48. The first kappa shape index (κ1) is 17.9. The van der Waals surface area contributed by atoms with Gasteiger partial charge >= 0.3 is 0 Å². The second-order valence-electron chi connectivity index (χ2n) is 7.63. The van der Waals surface area contributed by atoms with Crippen LogP contribution in [0.3, 0.4) is 0 Å². The Balaban J connectivity index is 2.02. The molecule has 0 bridgehead atoms. The number of carbonyl (C=O) groups is 1.